The van der Waals surface area contributed by atoms with Gasteiger partial charge in [-0.25, -0.2) is 0 Å². The van der Waals surface area contributed by atoms with Crippen LogP contribution < -0.4 is 5.32 Å². The Bertz CT molecular complexity index is 559. The van der Waals surface area contributed by atoms with Crippen LogP contribution >= 0.6 is 0 Å². The molecular formula is C10H9N3O3. The molecule has 1 N–H and O–H groups in total. The number of nitrogens with zero attached hydrogens (tertiary/aromatic N) is 2. The molecule has 6 heteroatoms. The molecule has 1 saturated carbocycles. The van der Waals surface area contributed by atoms with Gasteiger partial charge in [-0.05, 0) is 18.9 Å². The maximum atomic E-state index is 10.8. The number of nitro benzene ring substituents is 1. The fourth-order valence-corrected chi connectivity index (χ4v) is 1.55. The summed E-state index contributed by atoms with van der Waals surface area (Å²) in [6.45, 7) is 0. The van der Waals surface area contributed by atoms with Crippen LogP contribution in [0.3, 0.4) is 0 Å². The number of benzene rings is 1. The van der Waals surface area contributed by atoms with Gasteiger partial charge in [0.05, 0.1) is 4.92 Å². The van der Waals surface area contributed by atoms with Crippen LogP contribution in [0, 0.1) is 10.1 Å². The van der Waals surface area contributed by atoms with Gasteiger partial charge in [0.2, 0.25) is 0 Å². The highest BCUT2D eigenvalue weighted by Gasteiger charge is 2.24. The highest BCUT2D eigenvalue weighted by molar-refractivity contribution is 5.84. The largest absolute Gasteiger partial charge is 0.423 e. The van der Waals surface area contributed by atoms with Gasteiger partial charge < -0.3 is 9.73 Å². The van der Waals surface area contributed by atoms with Crippen molar-refractivity contribution in [2.24, 2.45) is 0 Å². The van der Waals surface area contributed by atoms with E-state index < -0.39 is 4.92 Å². The topological polar surface area (TPSA) is 81.2 Å². The average Bonchev–Trinajstić information content (AvgIpc) is 2.95. The van der Waals surface area contributed by atoms with Gasteiger partial charge in [0.15, 0.2) is 11.1 Å². The molecule has 1 aliphatic rings. The van der Waals surface area contributed by atoms with E-state index in [-0.39, 0.29) is 5.69 Å². The molecule has 3 rings (SSSR count). The number of hydrogen-bond donors (Lipinski definition) is 1. The van der Waals surface area contributed by atoms with E-state index in [4.69, 9.17) is 4.42 Å². The van der Waals surface area contributed by atoms with Crippen molar-refractivity contribution in [2.45, 2.75) is 18.9 Å². The lowest BCUT2D eigenvalue weighted by Crippen LogP contribution is -2.00. The summed E-state index contributed by atoms with van der Waals surface area (Å²) in [7, 11) is 0. The minimum absolute atomic E-state index is 0.0231. The average molecular weight is 219 g/mol. The number of rotatable bonds is 3. The van der Waals surface area contributed by atoms with Crippen LogP contribution in [0.2, 0.25) is 0 Å². The molecule has 1 aromatic carbocycles. The highest BCUT2D eigenvalue weighted by Crippen LogP contribution is 2.30. The molecule has 1 aliphatic carbocycles. The first kappa shape index (κ1) is 9.14. The summed E-state index contributed by atoms with van der Waals surface area (Å²) in [5, 5.41) is 13.8. The zero-order valence-electron chi connectivity index (χ0n) is 8.34. The van der Waals surface area contributed by atoms with Crippen molar-refractivity contribution in [3.63, 3.8) is 0 Å². The quantitative estimate of drug-likeness (QED) is 0.632. The number of non-ortho nitro benzene ring substituents is 1. The maximum absolute atomic E-state index is 10.8. The number of para-hydroxylation sites is 1. The second-order valence-electron chi connectivity index (χ2n) is 3.82. The van der Waals surface area contributed by atoms with Gasteiger partial charge in [-0.1, -0.05) is 6.07 Å². The number of oxazole rings is 1. The Morgan fingerprint density at radius 2 is 2.31 bits per heavy atom. The van der Waals surface area contributed by atoms with E-state index in [1.807, 2.05) is 0 Å². The normalized spacial score (nSPS) is 15.2. The number of nitrogens with one attached hydrogen (secondary N) is 1. The van der Waals surface area contributed by atoms with Crippen LogP contribution in [-0.2, 0) is 0 Å². The Kier molecular flexibility index (Phi) is 1.82. The molecule has 1 fully saturated rings. The van der Waals surface area contributed by atoms with Crippen molar-refractivity contribution < 1.29 is 9.34 Å². The summed E-state index contributed by atoms with van der Waals surface area (Å²) in [6.07, 6.45) is 2.20. The summed E-state index contributed by atoms with van der Waals surface area (Å²) in [5.41, 5.74) is 0.720. The van der Waals surface area contributed by atoms with Gasteiger partial charge in [-0.3, -0.25) is 10.1 Å². The van der Waals surface area contributed by atoms with Crippen molar-refractivity contribution in [1.29, 1.82) is 0 Å². The van der Waals surface area contributed by atoms with E-state index in [9.17, 15) is 10.1 Å². The van der Waals surface area contributed by atoms with Crippen LogP contribution in [0.1, 0.15) is 12.8 Å². The van der Waals surface area contributed by atoms with E-state index in [2.05, 4.69) is 10.3 Å². The Balaban J connectivity index is 2.07. The number of hydrogen-bond acceptors (Lipinski definition) is 5. The molecule has 6 nitrogen and oxygen atoms in total. The predicted octanol–water partition coefficient (Wildman–Crippen LogP) is 2.31. The van der Waals surface area contributed by atoms with Crippen molar-refractivity contribution in [3.8, 4) is 0 Å². The van der Waals surface area contributed by atoms with Crippen molar-refractivity contribution in [1.82, 2.24) is 4.98 Å². The van der Waals surface area contributed by atoms with Crippen molar-refractivity contribution >= 4 is 22.8 Å². The standard InChI is InChI=1S/C10H9N3O3/c14-13(15)7-2-1-3-8-9(7)12-10(16-8)11-6-4-5-6/h1-3,6H,4-5H2,(H,11,12). The van der Waals surface area contributed by atoms with Crippen LogP contribution in [-0.4, -0.2) is 15.9 Å². The molecule has 82 valence electrons. The number of aromatic nitrogens is 1. The smallest absolute Gasteiger partial charge is 0.298 e. The third-order valence-corrected chi connectivity index (χ3v) is 2.50. The molecule has 0 bridgehead atoms. The summed E-state index contributed by atoms with van der Waals surface area (Å²) in [6, 6.07) is 5.46. The first-order chi connectivity index (χ1) is 7.74. The molecule has 0 spiro atoms. The first-order valence-corrected chi connectivity index (χ1v) is 5.04. The van der Waals surface area contributed by atoms with Gasteiger partial charge in [0, 0.05) is 12.1 Å². The third-order valence-electron chi connectivity index (χ3n) is 2.50. The van der Waals surface area contributed by atoms with Gasteiger partial charge in [0.25, 0.3) is 11.7 Å². The predicted molar refractivity (Wildman–Crippen MR) is 57.3 cm³/mol. The SMILES string of the molecule is O=[N+]([O-])c1cccc2oc(NC3CC3)nc12. The molecule has 0 radical (unpaired) electrons. The lowest BCUT2D eigenvalue weighted by atomic mass is 10.3. The second kappa shape index (κ2) is 3.19. The van der Waals surface area contributed by atoms with Crippen LogP contribution in [0.5, 0.6) is 0 Å². The Morgan fingerprint density at radius 1 is 1.50 bits per heavy atom. The Labute approximate surface area is 90.4 Å². The lowest BCUT2D eigenvalue weighted by molar-refractivity contribution is -0.383. The van der Waals surface area contributed by atoms with Crippen molar-refractivity contribution in [3.05, 3.63) is 28.3 Å². The summed E-state index contributed by atoms with van der Waals surface area (Å²) in [5.74, 6) is 0. The minimum atomic E-state index is -0.453. The van der Waals surface area contributed by atoms with Gasteiger partial charge in [-0.15, -0.1) is 0 Å². The number of anilines is 1. The molecule has 0 aliphatic heterocycles. The molecule has 1 heterocycles. The maximum Gasteiger partial charge on any atom is 0.298 e. The zero-order valence-corrected chi connectivity index (χ0v) is 8.34. The molecule has 0 amide bonds. The molecule has 0 unspecified atom stereocenters. The molecule has 2 aromatic rings. The monoisotopic (exact) mass is 219 g/mol. The number of nitro groups is 1. The fourth-order valence-electron chi connectivity index (χ4n) is 1.55. The Hall–Kier alpha value is -2.11. The van der Waals surface area contributed by atoms with Gasteiger partial charge in [0.1, 0.15) is 0 Å². The lowest BCUT2D eigenvalue weighted by Gasteiger charge is -1.93. The Morgan fingerprint density at radius 3 is 3.00 bits per heavy atom. The molecule has 16 heavy (non-hydrogen) atoms. The van der Waals surface area contributed by atoms with E-state index >= 15 is 0 Å². The van der Waals surface area contributed by atoms with Crippen LogP contribution in [0.15, 0.2) is 22.6 Å². The molecular weight excluding hydrogens is 210 g/mol. The summed E-state index contributed by atoms with van der Waals surface area (Å²) in [4.78, 5) is 14.4. The second-order valence-corrected chi connectivity index (χ2v) is 3.82. The molecule has 0 atom stereocenters. The van der Waals surface area contributed by atoms with E-state index in [0.717, 1.165) is 12.8 Å². The number of fused-ring (bicyclic) bond motifs is 1. The zero-order chi connectivity index (χ0) is 11.1. The van der Waals surface area contributed by atoms with Crippen molar-refractivity contribution in [2.75, 3.05) is 5.32 Å². The summed E-state index contributed by atoms with van der Waals surface area (Å²) < 4.78 is 5.38. The van der Waals surface area contributed by atoms with Gasteiger partial charge in [-0.2, -0.15) is 4.98 Å². The third kappa shape index (κ3) is 1.48. The van der Waals surface area contributed by atoms with E-state index in [1.165, 1.54) is 6.07 Å². The van der Waals surface area contributed by atoms with Crippen LogP contribution in [0.4, 0.5) is 11.7 Å². The minimum Gasteiger partial charge on any atom is -0.423 e. The van der Waals surface area contributed by atoms with E-state index in [0.29, 0.717) is 23.2 Å². The first-order valence-electron chi connectivity index (χ1n) is 5.04. The summed E-state index contributed by atoms with van der Waals surface area (Å²) >= 11 is 0. The fraction of sp³-hybridized carbons (Fsp3) is 0.300. The molecule has 0 saturated heterocycles. The van der Waals surface area contributed by atoms with E-state index in [1.54, 1.807) is 12.1 Å². The van der Waals surface area contributed by atoms with Crippen LogP contribution in [0.25, 0.3) is 11.1 Å². The highest BCUT2D eigenvalue weighted by atomic mass is 16.6. The van der Waals surface area contributed by atoms with Gasteiger partial charge >= 0.3 is 0 Å². The molecule has 1 aromatic heterocycles.